The molecular formula is C16H26ClN3O2S. The molecule has 0 aromatic rings. The van der Waals surface area contributed by atoms with Gasteiger partial charge in [0.15, 0.2) is 0 Å². The molecule has 0 aromatic carbocycles. The summed E-state index contributed by atoms with van der Waals surface area (Å²) in [7, 11) is -0.919. The first-order chi connectivity index (χ1) is 10.7. The van der Waals surface area contributed by atoms with Crippen molar-refractivity contribution < 1.29 is 9.00 Å². The summed E-state index contributed by atoms with van der Waals surface area (Å²) in [6.07, 6.45) is 5.26. The number of halogens is 1. The van der Waals surface area contributed by atoms with Crippen molar-refractivity contribution in [3.8, 4) is 0 Å². The zero-order chi connectivity index (χ0) is 17.6. The van der Waals surface area contributed by atoms with Gasteiger partial charge in [-0.1, -0.05) is 24.3 Å². The third kappa shape index (κ3) is 6.49. The van der Waals surface area contributed by atoms with Crippen molar-refractivity contribution in [3.63, 3.8) is 0 Å². The van der Waals surface area contributed by atoms with Crippen LogP contribution in [-0.4, -0.2) is 46.4 Å². The summed E-state index contributed by atoms with van der Waals surface area (Å²) >= 11 is 5.94. The average Bonchev–Trinajstić information content (AvgIpc) is 2.42. The fourth-order valence-corrected chi connectivity index (χ4v) is 3.09. The highest BCUT2D eigenvalue weighted by molar-refractivity contribution is 7.81. The van der Waals surface area contributed by atoms with Crippen molar-refractivity contribution in [1.29, 1.82) is 0 Å². The summed E-state index contributed by atoms with van der Waals surface area (Å²) in [6, 6.07) is 0.0615. The van der Waals surface area contributed by atoms with Crippen LogP contribution in [0.25, 0.3) is 0 Å². The molecule has 23 heavy (non-hydrogen) atoms. The predicted octanol–water partition coefficient (Wildman–Crippen LogP) is 1.91. The van der Waals surface area contributed by atoms with Gasteiger partial charge in [0.05, 0.1) is 17.5 Å². The highest BCUT2D eigenvalue weighted by Crippen LogP contribution is 2.20. The largest absolute Gasteiger partial charge is 0.376 e. The van der Waals surface area contributed by atoms with E-state index in [4.69, 9.17) is 11.6 Å². The van der Waals surface area contributed by atoms with Crippen LogP contribution in [0.3, 0.4) is 0 Å². The van der Waals surface area contributed by atoms with Crippen molar-refractivity contribution in [2.75, 3.05) is 25.9 Å². The summed E-state index contributed by atoms with van der Waals surface area (Å²) in [5.74, 6) is 0.265. The van der Waals surface area contributed by atoms with Crippen LogP contribution in [0.1, 0.15) is 20.8 Å². The first kappa shape index (κ1) is 19.9. The predicted molar refractivity (Wildman–Crippen MR) is 97.2 cm³/mol. The minimum atomic E-state index is -0.919. The SMILES string of the molecule is C=C(NCC(=O)NC(C)C1CN(S(C)=O)C1)/C(C)=C\C(Cl)=C/C. The molecule has 130 valence electrons. The molecule has 5 nitrogen and oxygen atoms in total. The van der Waals surface area contributed by atoms with Gasteiger partial charge in [-0.15, -0.1) is 0 Å². The molecule has 1 aliphatic heterocycles. The standard InChI is InChI=1S/C16H26ClN3O2S/c1-6-15(17)7-11(2)12(3)18-8-16(21)19-13(4)14-9-20(10-14)23(5)22/h6-7,13-14,18H,3,8-10H2,1-2,4-5H3,(H,19,21)/b11-7-,15-6+. The van der Waals surface area contributed by atoms with Gasteiger partial charge in [-0.2, -0.15) is 0 Å². The van der Waals surface area contributed by atoms with Crippen molar-refractivity contribution >= 4 is 28.5 Å². The van der Waals surface area contributed by atoms with E-state index in [1.165, 1.54) is 0 Å². The molecule has 2 atom stereocenters. The summed E-state index contributed by atoms with van der Waals surface area (Å²) < 4.78 is 13.1. The van der Waals surface area contributed by atoms with Crippen LogP contribution in [0.5, 0.6) is 0 Å². The Morgan fingerprint density at radius 2 is 2.13 bits per heavy atom. The van der Waals surface area contributed by atoms with Crippen LogP contribution in [0, 0.1) is 5.92 Å². The lowest BCUT2D eigenvalue weighted by atomic mass is 9.95. The lowest BCUT2D eigenvalue weighted by Gasteiger charge is -2.40. The molecule has 1 fully saturated rings. The molecule has 1 aliphatic rings. The molecule has 2 unspecified atom stereocenters. The monoisotopic (exact) mass is 359 g/mol. The van der Waals surface area contributed by atoms with Gasteiger partial charge >= 0.3 is 0 Å². The molecule has 0 aromatic heterocycles. The molecule has 1 heterocycles. The van der Waals surface area contributed by atoms with Gasteiger partial charge < -0.3 is 10.6 Å². The van der Waals surface area contributed by atoms with Crippen molar-refractivity contribution in [3.05, 3.63) is 35.0 Å². The molecule has 7 heteroatoms. The van der Waals surface area contributed by atoms with E-state index >= 15 is 0 Å². The molecule has 0 aliphatic carbocycles. The lowest BCUT2D eigenvalue weighted by molar-refractivity contribution is -0.121. The zero-order valence-electron chi connectivity index (χ0n) is 14.2. The van der Waals surface area contributed by atoms with E-state index in [1.54, 1.807) is 18.4 Å². The molecule has 0 saturated carbocycles. The van der Waals surface area contributed by atoms with Gasteiger partial charge in [-0.25, -0.2) is 8.51 Å². The summed E-state index contributed by atoms with van der Waals surface area (Å²) in [6.45, 7) is 11.3. The number of carbonyl (C=O) groups excluding carboxylic acids is 1. The summed E-state index contributed by atoms with van der Waals surface area (Å²) in [5.41, 5.74) is 1.55. The molecule has 1 amide bonds. The number of hydrogen-bond acceptors (Lipinski definition) is 3. The number of carbonyl (C=O) groups is 1. The van der Waals surface area contributed by atoms with Gasteiger partial charge in [0.25, 0.3) is 0 Å². The van der Waals surface area contributed by atoms with Crippen LogP contribution in [0.2, 0.25) is 0 Å². The lowest BCUT2D eigenvalue weighted by Crippen LogP contribution is -2.56. The highest BCUT2D eigenvalue weighted by Gasteiger charge is 2.33. The van der Waals surface area contributed by atoms with Crippen LogP contribution in [0.4, 0.5) is 0 Å². The van der Waals surface area contributed by atoms with Crippen LogP contribution >= 0.6 is 11.6 Å². The minimum absolute atomic E-state index is 0.0615. The summed E-state index contributed by atoms with van der Waals surface area (Å²) in [4.78, 5) is 12.0. The Bertz CT molecular complexity index is 539. The molecule has 0 bridgehead atoms. The van der Waals surface area contributed by atoms with Gasteiger partial charge in [-0.05, 0) is 32.4 Å². The third-order valence-electron chi connectivity index (χ3n) is 3.90. The van der Waals surface area contributed by atoms with Crippen molar-refractivity contribution in [2.24, 2.45) is 5.92 Å². The number of nitrogens with one attached hydrogen (secondary N) is 2. The van der Waals surface area contributed by atoms with E-state index < -0.39 is 11.0 Å². The van der Waals surface area contributed by atoms with E-state index in [2.05, 4.69) is 17.2 Å². The van der Waals surface area contributed by atoms with Gasteiger partial charge in [-0.3, -0.25) is 4.79 Å². The van der Waals surface area contributed by atoms with Crippen molar-refractivity contribution in [2.45, 2.75) is 26.8 Å². The van der Waals surface area contributed by atoms with Crippen LogP contribution in [0.15, 0.2) is 35.0 Å². The first-order valence-electron chi connectivity index (χ1n) is 7.55. The Balaban J connectivity index is 2.33. The Kier molecular flexibility index (Phi) is 8.02. The summed E-state index contributed by atoms with van der Waals surface area (Å²) in [5, 5.41) is 6.59. The fraction of sp³-hybridized carbons (Fsp3) is 0.562. The smallest absolute Gasteiger partial charge is 0.239 e. The molecule has 0 radical (unpaired) electrons. The number of hydrogen-bond donors (Lipinski definition) is 2. The Hall–Kier alpha value is -1.11. The fourth-order valence-electron chi connectivity index (χ4n) is 2.12. The second kappa shape index (κ2) is 9.25. The second-order valence-corrected chi connectivity index (χ2v) is 7.52. The zero-order valence-corrected chi connectivity index (χ0v) is 15.8. The van der Waals surface area contributed by atoms with E-state index in [1.807, 2.05) is 25.1 Å². The van der Waals surface area contributed by atoms with Crippen molar-refractivity contribution in [1.82, 2.24) is 14.9 Å². The second-order valence-electron chi connectivity index (χ2n) is 5.72. The number of nitrogens with zero attached hydrogens (tertiary/aromatic N) is 1. The molecule has 1 rings (SSSR count). The van der Waals surface area contributed by atoms with E-state index in [-0.39, 0.29) is 18.5 Å². The normalized spacial score (nSPS) is 19.7. The minimum Gasteiger partial charge on any atom is -0.376 e. The molecular weight excluding hydrogens is 334 g/mol. The van der Waals surface area contributed by atoms with E-state index in [0.717, 1.165) is 18.7 Å². The van der Waals surface area contributed by atoms with E-state index in [0.29, 0.717) is 16.6 Å². The molecule has 0 spiro atoms. The van der Waals surface area contributed by atoms with Crippen LogP contribution < -0.4 is 10.6 Å². The first-order valence-corrected chi connectivity index (χ1v) is 9.45. The number of allylic oxidation sites excluding steroid dienone is 4. The highest BCUT2D eigenvalue weighted by atomic mass is 35.5. The Morgan fingerprint density at radius 1 is 1.52 bits per heavy atom. The average molecular weight is 360 g/mol. The number of amides is 1. The Morgan fingerprint density at radius 3 is 2.65 bits per heavy atom. The van der Waals surface area contributed by atoms with Crippen LogP contribution in [-0.2, 0) is 15.8 Å². The van der Waals surface area contributed by atoms with Gasteiger partial charge in [0, 0.05) is 42.0 Å². The molecule has 2 N–H and O–H groups in total. The molecule has 1 saturated heterocycles. The van der Waals surface area contributed by atoms with Gasteiger partial charge in [0.1, 0.15) is 0 Å². The maximum absolute atomic E-state index is 12.0. The van der Waals surface area contributed by atoms with Gasteiger partial charge in [0.2, 0.25) is 5.91 Å². The number of rotatable bonds is 8. The maximum atomic E-state index is 12.0. The maximum Gasteiger partial charge on any atom is 0.239 e. The third-order valence-corrected chi connectivity index (χ3v) is 5.26. The topological polar surface area (TPSA) is 61.4 Å². The Labute approximate surface area is 146 Å². The van der Waals surface area contributed by atoms with E-state index in [9.17, 15) is 9.00 Å². The quantitative estimate of drug-likeness (QED) is 0.651.